The first-order valence-electron chi connectivity index (χ1n) is 6.75. The van der Waals surface area contributed by atoms with Crippen LogP contribution in [0.25, 0.3) is 0 Å². The maximum Gasteiger partial charge on any atom is 0.338 e. The van der Waals surface area contributed by atoms with Gasteiger partial charge in [-0.3, -0.25) is 0 Å². The van der Waals surface area contributed by atoms with E-state index >= 15 is 0 Å². The molecule has 4 nitrogen and oxygen atoms in total. The van der Waals surface area contributed by atoms with E-state index in [0.717, 1.165) is 36.9 Å². The van der Waals surface area contributed by atoms with Crippen molar-refractivity contribution in [1.82, 2.24) is 0 Å². The van der Waals surface area contributed by atoms with Crippen molar-refractivity contribution in [1.29, 1.82) is 0 Å². The van der Waals surface area contributed by atoms with Crippen molar-refractivity contribution in [2.45, 2.75) is 37.4 Å². The lowest BCUT2D eigenvalue weighted by Crippen LogP contribution is -2.43. The number of methoxy groups -OCH3 is 1. The van der Waals surface area contributed by atoms with E-state index in [1.54, 1.807) is 0 Å². The summed E-state index contributed by atoms with van der Waals surface area (Å²) in [5, 5.41) is 0. The Hall–Kier alpha value is -1.55. The standard InChI is InChI=1S/C15H19NO3/c1-18-14(17)15-7-6-10(9-15)8-13(19-15)11-2-4-12(16)5-3-11/h2-5,10,13H,6-9,16H2,1H3/t10?,13-,15?/m1/s1. The van der Waals surface area contributed by atoms with Crippen LogP contribution in [0.5, 0.6) is 0 Å². The van der Waals surface area contributed by atoms with Crippen molar-refractivity contribution in [3.8, 4) is 0 Å². The van der Waals surface area contributed by atoms with Gasteiger partial charge in [0, 0.05) is 5.69 Å². The van der Waals surface area contributed by atoms with E-state index in [9.17, 15) is 4.79 Å². The lowest BCUT2D eigenvalue weighted by atomic mass is 9.89. The van der Waals surface area contributed by atoms with Gasteiger partial charge >= 0.3 is 5.97 Å². The third-order valence-corrected chi connectivity index (χ3v) is 4.36. The zero-order chi connectivity index (χ0) is 13.5. The minimum Gasteiger partial charge on any atom is -0.467 e. The minimum absolute atomic E-state index is 0.0269. The van der Waals surface area contributed by atoms with Crippen molar-refractivity contribution < 1.29 is 14.3 Å². The molecule has 19 heavy (non-hydrogen) atoms. The molecule has 0 amide bonds. The SMILES string of the molecule is COC(=O)C12CCC(C[C@H](c3ccc(N)cc3)O1)C2. The van der Waals surface area contributed by atoms with Gasteiger partial charge < -0.3 is 15.2 Å². The van der Waals surface area contributed by atoms with E-state index in [1.807, 2.05) is 24.3 Å². The molecule has 3 rings (SSSR count). The molecule has 102 valence electrons. The molecular weight excluding hydrogens is 242 g/mol. The third kappa shape index (κ3) is 2.10. The summed E-state index contributed by atoms with van der Waals surface area (Å²) in [5.74, 6) is 0.325. The van der Waals surface area contributed by atoms with Crippen LogP contribution >= 0.6 is 0 Å². The molecule has 1 heterocycles. The number of ether oxygens (including phenoxy) is 2. The average Bonchev–Trinajstić information content (AvgIpc) is 2.75. The third-order valence-electron chi connectivity index (χ3n) is 4.36. The summed E-state index contributed by atoms with van der Waals surface area (Å²) in [4.78, 5) is 12.0. The number of carbonyl (C=O) groups is 1. The highest BCUT2D eigenvalue weighted by Gasteiger charge is 2.52. The Morgan fingerprint density at radius 1 is 1.42 bits per heavy atom. The molecule has 2 bridgehead atoms. The van der Waals surface area contributed by atoms with Gasteiger partial charge in [0.25, 0.3) is 0 Å². The molecule has 4 heteroatoms. The number of benzene rings is 1. The van der Waals surface area contributed by atoms with E-state index in [0.29, 0.717) is 5.92 Å². The Bertz CT molecular complexity index is 485. The molecule has 1 aliphatic carbocycles. The second-order valence-corrected chi connectivity index (χ2v) is 5.60. The van der Waals surface area contributed by atoms with Crippen LogP contribution < -0.4 is 5.73 Å². The van der Waals surface area contributed by atoms with Gasteiger partial charge in [-0.1, -0.05) is 12.1 Å². The van der Waals surface area contributed by atoms with Crippen LogP contribution in [0.4, 0.5) is 5.69 Å². The fraction of sp³-hybridized carbons (Fsp3) is 0.533. The van der Waals surface area contributed by atoms with Gasteiger partial charge in [-0.2, -0.15) is 0 Å². The Morgan fingerprint density at radius 3 is 2.84 bits per heavy atom. The van der Waals surface area contributed by atoms with Gasteiger partial charge in [0.05, 0.1) is 13.2 Å². The summed E-state index contributed by atoms with van der Waals surface area (Å²) < 4.78 is 11.1. The number of nitrogen functional groups attached to an aromatic ring is 1. The second-order valence-electron chi connectivity index (χ2n) is 5.60. The smallest absolute Gasteiger partial charge is 0.338 e. The lowest BCUT2D eigenvalue weighted by molar-refractivity contribution is -0.185. The summed E-state index contributed by atoms with van der Waals surface area (Å²) in [7, 11) is 1.43. The van der Waals surface area contributed by atoms with Gasteiger partial charge in [0.1, 0.15) is 0 Å². The fourth-order valence-corrected chi connectivity index (χ4v) is 3.37. The number of carbonyl (C=O) groups excluding carboxylic acids is 1. The van der Waals surface area contributed by atoms with Crippen LogP contribution in [0.15, 0.2) is 24.3 Å². The highest BCUT2D eigenvalue weighted by molar-refractivity contribution is 5.80. The largest absolute Gasteiger partial charge is 0.467 e. The summed E-state index contributed by atoms with van der Waals surface area (Å²) in [6.45, 7) is 0. The van der Waals surface area contributed by atoms with Crippen molar-refractivity contribution in [3.63, 3.8) is 0 Å². The van der Waals surface area contributed by atoms with Gasteiger partial charge in [-0.05, 0) is 49.3 Å². The van der Waals surface area contributed by atoms with Crippen LogP contribution in [0.3, 0.4) is 0 Å². The first kappa shape index (κ1) is 12.5. The highest BCUT2D eigenvalue weighted by atomic mass is 16.6. The number of hydrogen-bond donors (Lipinski definition) is 1. The number of rotatable bonds is 2. The molecule has 3 atom stereocenters. The van der Waals surface area contributed by atoms with Crippen molar-refractivity contribution in [2.75, 3.05) is 12.8 Å². The van der Waals surface area contributed by atoms with Gasteiger partial charge in [0.15, 0.2) is 5.60 Å². The number of hydrogen-bond acceptors (Lipinski definition) is 4. The lowest BCUT2D eigenvalue weighted by Gasteiger charge is -2.36. The number of anilines is 1. The monoisotopic (exact) mass is 261 g/mol. The van der Waals surface area contributed by atoms with Crippen LogP contribution in [0.2, 0.25) is 0 Å². The topological polar surface area (TPSA) is 61.5 Å². The Morgan fingerprint density at radius 2 is 2.16 bits per heavy atom. The van der Waals surface area contributed by atoms with E-state index in [2.05, 4.69) is 0 Å². The first-order chi connectivity index (χ1) is 9.13. The Balaban J connectivity index is 1.86. The van der Waals surface area contributed by atoms with Gasteiger partial charge in [-0.15, -0.1) is 0 Å². The number of fused-ring (bicyclic) bond motifs is 2. The zero-order valence-electron chi connectivity index (χ0n) is 11.1. The molecule has 2 N–H and O–H groups in total. The van der Waals surface area contributed by atoms with Crippen molar-refractivity contribution >= 4 is 11.7 Å². The summed E-state index contributed by atoms with van der Waals surface area (Å²) >= 11 is 0. The maximum atomic E-state index is 12.0. The predicted molar refractivity (Wildman–Crippen MR) is 71.4 cm³/mol. The quantitative estimate of drug-likeness (QED) is 0.656. The van der Waals surface area contributed by atoms with Crippen LogP contribution in [-0.2, 0) is 14.3 Å². The Labute approximate surface area is 112 Å². The van der Waals surface area contributed by atoms with Crippen LogP contribution in [-0.4, -0.2) is 18.7 Å². The van der Waals surface area contributed by atoms with E-state index in [4.69, 9.17) is 15.2 Å². The molecule has 2 aliphatic rings. The molecule has 2 fully saturated rings. The number of nitrogens with two attached hydrogens (primary N) is 1. The average molecular weight is 261 g/mol. The molecule has 0 radical (unpaired) electrons. The molecule has 1 aromatic carbocycles. The van der Waals surface area contributed by atoms with Crippen LogP contribution in [0.1, 0.15) is 37.4 Å². The van der Waals surface area contributed by atoms with Gasteiger partial charge in [-0.25, -0.2) is 4.79 Å². The summed E-state index contributed by atoms with van der Waals surface area (Å²) in [6, 6.07) is 7.71. The maximum absolute atomic E-state index is 12.0. The van der Waals surface area contributed by atoms with Crippen LogP contribution in [0, 0.1) is 5.92 Å². The zero-order valence-corrected chi connectivity index (χ0v) is 11.1. The molecule has 1 aromatic rings. The normalized spacial score (nSPS) is 33.1. The van der Waals surface area contributed by atoms with E-state index < -0.39 is 5.60 Å². The van der Waals surface area contributed by atoms with Crippen molar-refractivity contribution in [3.05, 3.63) is 29.8 Å². The first-order valence-corrected chi connectivity index (χ1v) is 6.75. The summed E-state index contributed by atoms with van der Waals surface area (Å²) in [5.41, 5.74) is 6.82. The van der Waals surface area contributed by atoms with Crippen molar-refractivity contribution in [2.24, 2.45) is 5.92 Å². The highest BCUT2D eigenvalue weighted by Crippen LogP contribution is 2.50. The van der Waals surface area contributed by atoms with E-state index in [-0.39, 0.29) is 12.1 Å². The Kier molecular flexibility index (Phi) is 2.97. The molecule has 1 saturated carbocycles. The molecule has 2 unspecified atom stereocenters. The minimum atomic E-state index is -0.719. The molecular formula is C15H19NO3. The summed E-state index contributed by atoms with van der Waals surface area (Å²) in [6.07, 6.45) is 3.56. The fourth-order valence-electron chi connectivity index (χ4n) is 3.37. The molecule has 0 aromatic heterocycles. The van der Waals surface area contributed by atoms with E-state index in [1.165, 1.54) is 7.11 Å². The number of esters is 1. The molecule has 1 saturated heterocycles. The molecule has 1 aliphatic heterocycles. The molecule has 0 spiro atoms. The second kappa shape index (κ2) is 4.53. The predicted octanol–water partition coefficient (Wildman–Crippen LogP) is 2.44. The van der Waals surface area contributed by atoms with Gasteiger partial charge in [0.2, 0.25) is 0 Å².